The Kier molecular flexibility index (Phi) is 5.63. The van der Waals surface area contributed by atoms with Crippen LogP contribution in [0.5, 0.6) is 17.2 Å². The van der Waals surface area contributed by atoms with E-state index in [0.717, 1.165) is 11.3 Å². The van der Waals surface area contributed by atoms with Crippen molar-refractivity contribution in [3.63, 3.8) is 0 Å². The van der Waals surface area contributed by atoms with Crippen LogP contribution in [-0.2, 0) is 4.79 Å². The summed E-state index contributed by atoms with van der Waals surface area (Å²) in [5.41, 5.74) is 1.97. The second-order valence-corrected chi connectivity index (χ2v) is 8.06. The second-order valence-electron chi connectivity index (χ2n) is 8.06. The van der Waals surface area contributed by atoms with Crippen LogP contribution in [0.2, 0.25) is 0 Å². The Balaban J connectivity index is 1.53. The Hall–Kier alpha value is -4.33. The monoisotopic (exact) mass is 456 g/mol. The first-order valence-electron chi connectivity index (χ1n) is 11.0. The summed E-state index contributed by atoms with van der Waals surface area (Å²) in [5, 5.41) is 0. The molecule has 1 atom stereocenters. The fourth-order valence-corrected chi connectivity index (χ4v) is 4.42. The summed E-state index contributed by atoms with van der Waals surface area (Å²) in [6.07, 6.45) is 5.37. The lowest BCUT2D eigenvalue weighted by atomic mass is 10.2. The molecule has 0 aliphatic carbocycles. The van der Waals surface area contributed by atoms with Crippen molar-refractivity contribution in [3.8, 4) is 22.9 Å². The van der Waals surface area contributed by atoms with Crippen molar-refractivity contribution in [1.82, 2.24) is 19.0 Å². The van der Waals surface area contributed by atoms with E-state index in [1.165, 1.54) is 6.08 Å². The number of likely N-dealkylation sites (tertiary alicyclic amines) is 1. The van der Waals surface area contributed by atoms with Crippen molar-refractivity contribution in [2.75, 3.05) is 20.2 Å². The lowest BCUT2D eigenvalue weighted by molar-refractivity contribution is -0.125. The van der Waals surface area contributed by atoms with Gasteiger partial charge in [-0.25, -0.2) is 4.79 Å². The molecule has 5 rings (SSSR count). The average molecular weight is 457 g/mol. The number of imidazole rings is 1. The highest BCUT2D eigenvalue weighted by atomic mass is 16.5. The molecule has 0 radical (unpaired) electrons. The molecule has 4 aromatic rings. The van der Waals surface area contributed by atoms with Gasteiger partial charge < -0.3 is 14.4 Å². The number of fused-ring (bicyclic) bond motifs is 1. The number of ether oxygens (including phenoxy) is 2. The Morgan fingerprint density at radius 2 is 1.88 bits per heavy atom. The summed E-state index contributed by atoms with van der Waals surface area (Å²) in [7, 11) is 1.61. The van der Waals surface area contributed by atoms with Crippen molar-refractivity contribution in [3.05, 3.63) is 90.1 Å². The minimum atomic E-state index is -0.178. The summed E-state index contributed by atoms with van der Waals surface area (Å²) in [5.74, 6) is 1.88. The van der Waals surface area contributed by atoms with Gasteiger partial charge in [0.2, 0.25) is 5.91 Å². The average Bonchev–Trinajstić information content (AvgIpc) is 3.46. The maximum atomic E-state index is 13.7. The van der Waals surface area contributed by atoms with Crippen LogP contribution >= 0.6 is 0 Å². The first-order chi connectivity index (χ1) is 16.6. The molecule has 8 heteroatoms. The van der Waals surface area contributed by atoms with E-state index in [2.05, 4.69) is 11.6 Å². The van der Waals surface area contributed by atoms with Gasteiger partial charge in [0.15, 0.2) is 0 Å². The van der Waals surface area contributed by atoms with Gasteiger partial charge in [0.25, 0.3) is 0 Å². The molecule has 0 N–H and O–H groups in total. The van der Waals surface area contributed by atoms with E-state index < -0.39 is 0 Å². The maximum absolute atomic E-state index is 13.7. The molecule has 3 heterocycles. The smallest absolute Gasteiger partial charge is 0.334 e. The van der Waals surface area contributed by atoms with E-state index in [0.29, 0.717) is 42.2 Å². The fraction of sp³-hybridized carbons (Fsp3) is 0.192. The SMILES string of the molecule is C=CC(=O)N1CC[C@@H](n2c(=O)n(-c3cccc(Oc4ccc(OC)cc4)c3)c3cnccc32)C1. The molecule has 2 aromatic heterocycles. The van der Waals surface area contributed by atoms with Crippen LogP contribution in [0.4, 0.5) is 0 Å². The molecule has 0 bridgehead atoms. The molecule has 1 aliphatic rings. The van der Waals surface area contributed by atoms with Crippen LogP contribution in [-0.4, -0.2) is 45.1 Å². The highest BCUT2D eigenvalue weighted by Gasteiger charge is 2.30. The van der Waals surface area contributed by atoms with Gasteiger partial charge in [-0.2, -0.15) is 0 Å². The van der Waals surface area contributed by atoms with Crippen molar-refractivity contribution in [2.45, 2.75) is 12.5 Å². The molecule has 1 aliphatic heterocycles. The van der Waals surface area contributed by atoms with Gasteiger partial charge in [-0.3, -0.25) is 18.9 Å². The van der Waals surface area contributed by atoms with E-state index in [1.807, 2.05) is 54.6 Å². The van der Waals surface area contributed by atoms with E-state index in [1.54, 1.807) is 33.5 Å². The summed E-state index contributed by atoms with van der Waals surface area (Å²) in [6.45, 7) is 4.62. The zero-order chi connectivity index (χ0) is 23.7. The molecular weight excluding hydrogens is 432 g/mol. The fourth-order valence-electron chi connectivity index (χ4n) is 4.42. The highest BCUT2D eigenvalue weighted by Crippen LogP contribution is 2.29. The van der Waals surface area contributed by atoms with Gasteiger partial charge in [-0.05, 0) is 55.0 Å². The number of aromatic nitrogens is 3. The number of hydrogen-bond donors (Lipinski definition) is 0. The molecule has 0 spiro atoms. The molecule has 1 fully saturated rings. The molecule has 34 heavy (non-hydrogen) atoms. The first-order valence-corrected chi connectivity index (χ1v) is 11.0. The summed E-state index contributed by atoms with van der Waals surface area (Å²) >= 11 is 0. The van der Waals surface area contributed by atoms with Crippen LogP contribution < -0.4 is 15.2 Å². The van der Waals surface area contributed by atoms with E-state index >= 15 is 0 Å². The number of rotatable bonds is 6. The van der Waals surface area contributed by atoms with Crippen molar-refractivity contribution < 1.29 is 14.3 Å². The number of hydrogen-bond acceptors (Lipinski definition) is 5. The van der Waals surface area contributed by atoms with Crippen LogP contribution in [0.15, 0.2) is 84.4 Å². The predicted octanol–water partition coefficient (Wildman–Crippen LogP) is 3.95. The van der Waals surface area contributed by atoms with Crippen molar-refractivity contribution >= 4 is 16.9 Å². The number of methoxy groups -OCH3 is 1. The molecule has 0 unspecified atom stereocenters. The molecular formula is C26H24N4O4. The van der Waals surface area contributed by atoms with Crippen molar-refractivity contribution in [1.29, 1.82) is 0 Å². The number of amides is 1. The molecule has 1 saturated heterocycles. The number of nitrogens with zero attached hydrogens (tertiary/aromatic N) is 4. The molecule has 0 saturated carbocycles. The van der Waals surface area contributed by atoms with E-state index in [-0.39, 0.29) is 17.6 Å². The minimum absolute atomic E-state index is 0.121. The first kappa shape index (κ1) is 21.5. The van der Waals surface area contributed by atoms with Gasteiger partial charge in [-0.1, -0.05) is 12.6 Å². The maximum Gasteiger partial charge on any atom is 0.334 e. The predicted molar refractivity (Wildman–Crippen MR) is 129 cm³/mol. The van der Waals surface area contributed by atoms with E-state index in [9.17, 15) is 9.59 Å². The standard InChI is InChI=1S/C26H24N4O4/c1-3-25(31)28-14-12-19(17-28)30-23-11-13-27-16-24(23)29(26(30)32)18-5-4-6-22(15-18)34-21-9-7-20(33-2)8-10-21/h3-11,13,15-16,19H,1,12,14,17H2,2H3/t19-/m1/s1. The van der Waals surface area contributed by atoms with Crippen LogP contribution in [0.3, 0.4) is 0 Å². The molecule has 1 amide bonds. The molecule has 2 aromatic carbocycles. The van der Waals surface area contributed by atoms with Crippen LogP contribution in [0.25, 0.3) is 16.7 Å². The third kappa shape index (κ3) is 3.83. The van der Waals surface area contributed by atoms with Gasteiger partial charge in [-0.15, -0.1) is 0 Å². The Labute approximate surface area is 196 Å². The summed E-state index contributed by atoms with van der Waals surface area (Å²) in [6, 6.07) is 16.4. The Bertz CT molecular complexity index is 1420. The van der Waals surface area contributed by atoms with Crippen LogP contribution in [0.1, 0.15) is 12.5 Å². The third-order valence-electron chi connectivity index (χ3n) is 6.06. The Morgan fingerprint density at radius 3 is 2.65 bits per heavy atom. The molecule has 172 valence electrons. The number of carbonyl (C=O) groups is 1. The third-order valence-corrected chi connectivity index (χ3v) is 6.06. The van der Waals surface area contributed by atoms with E-state index in [4.69, 9.17) is 9.47 Å². The van der Waals surface area contributed by atoms with Gasteiger partial charge in [0.1, 0.15) is 17.2 Å². The second kappa shape index (κ2) is 8.90. The van der Waals surface area contributed by atoms with Gasteiger partial charge in [0.05, 0.1) is 36.1 Å². The van der Waals surface area contributed by atoms with Gasteiger partial charge in [0, 0.05) is 25.4 Å². The number of benzene rings is 2. The number of carbonyl (C=O) groups excluding carboxylic acids is 1. The van der Waals surface area contributed by atoms with Crippen LogP contribution in [0, 0.1) is 0 Å². The van der Waals surface area contributed by atoms with Gasteiger partial charge >= 0.3 is 5.69 Å². The zero-order valence-corrected chi connectivity index (χ0v) is 18.8. The number of pyridine rings is 1. The minimum Gasteiger partial charge on any atom is -0.497 e. The Morgan fingerprint density at radius 1 is 1.09 bits per heavy atom. The highest BCUT2D eigenvalue weighted by molar-refractivity contribution is 5.87. The summed E-state index contributed by atoms with van der Waals surface area (Å²) < 4.78 is 14.6. The van der Waals surface area contributed by atoms with Crippen molar-refractivity contribution in [2.24, 2.45) is 0 Å². The zero-order valence-electron chi connectivity index (χ0n) is 18.8. The summed E-state index contributed by atoms with van der Waals surface area (Å²) in [4.78, 5) is 31.7. The lowest BCUT2D eigenvalue weighted by Crippen LogP contribution is -2.31. The normalized spacial score (nSPS) is 15.4. The largest absolute Gasteiger partial charge is 0.497 e. The quantitative estimate of drug-likeness (QED) is 0.411. The topological polar surface area (TPSA) is 78.6 Å². The lowest BCUT2D eigenvalue weighted by Gasteiger charge is -2.15. The molecule has 8 nitrogen and oxygen atoms in total.